The molecule has 0 bridgehead atoms. The number of aromatic nitrogens is 1. The van der Waals surface area contributed by atoms with Gasteiger partial charge in [0, 0.05) is 29.6 Å². The summed E-state index contributed by atoms with van der Waals surface area (Å²) in [5.41, 5.74) is 5.88. The molecule has 2 heterocycles. The molecular weight excluding hydrogens is 322 g/mol. The summed E-state index contributed by atoms with van der Waals surface area (Å²) >= 11 is 0. The van der Waals surface area contributed by atoms with Gasteiger partial charge in [0.1, 0.15) is 16.9 Å². The van der Waals surface area contributed by atoms with Crippen LogP contribution in [0.25, 0.3) is 10.9 Å². The Kier molecular flexibility index (Phi) is 3.92. The van der Waals surface area contributed by atoms with E-state index in [-0.39, 0.29) is 42.3 Å². The van der Waals surface area contributed by atoms with Crippen molar-refractivity contribution in [2.24, 2.45) is 5.73 Å². The Balaban J connectivity index is 2.26. The second kappa shape index (κ2) is 5.76. The smallest absolute Gasteiger partial charge is 0.266 e. The van der Waals surface area contributed by atoms with Crippen LogP contribution in [-0.2, 0) is 14.8 Å². The summed E-state index contributed by atoms with van der Waals surface area (Å²) in [4.78, 5) is 25.2. The minimum Gasteiger partial charge on any atom is -0.379 e. The number of ether oxygens (including phenoxy) is 1. The summed E-state index contributed by atoms with van der Waals surface area (Å²) in [6.45, 7) is 0.960. The number of hydrogen-bond acceptors (Lipinski definition) is 5. The van der Waals surface area contributed by atoms with Crippen LogP contribution < -0.4 is 5.73 Å². The Morgan fingerprint density at radius 2 is 2.00 bits per heavy atom. The molecule has 3 rings (SSSR count). The Morgan fingerprint density at radius 3 is 2.61 bits per heavy atom. The maximum absolute atomic E-state index is 12.9. The van der Waals surface area contributed by atoms with Crippen molar-refractivity contribution in [2.45, 2.75) is 4.90 Å². The van der Waals surface area contributed by atoms with Crippen LogP contribution in [0, 0.1) is 0 Å². The molecule has 0 unspecified atom stereocenters. The molecule has 9 heteroatoms. The molecule has 1 aliphatic heterocycles. The minimum absolute atomic E-state index is 0.186. The zero-order chi connectivity index (χ0) is 16.6. The monoisotopic (exact) mass is 337 g/mol. The van der Waals surface area contributed by atoms with Crippen molar-refractivity contribution >= 4 is 33.1 Å². The van der Waals surface area contributed by atoms with Gasteiger partial charge < -0.3 is 15.5 Å². The van der Waals surface area contributed by atoms with E-state index in [0.717, 1.165) is 0 Å². The summed E-state index contributed by atoms with van der Waals surface area (Å²) in [5, 5.41) is 0.273. The van der Waals surface area contributed by atoms with Gasteiger partial charge in [-0.25, -0.2) is 8.42 Å². The lowest BCUT2D eigenvalue weighted by molar-refractivity contribution is 0.0730. The average Bonchev–Trinajstić information content (AvgIpc) is 2.95. The Hall–Kier alpha value is -2.23. The summed E-state index contributed by atoms with van der Waals surface area (Å²) in [6.07, 6.45) is 0.613. The topological polar surface area (TPSA) is 123 Å². The lowest BCUT2D eigenvalue weighted by atomic mass is 10.2. The summed E-state index contributed by atoms with van der Waals surface area (Å²) in [7, 11) is -3.94. The number of hydrogen-bond donors (Lipinski definition) is 2. The number of carbonyl (C=O) groups excluding carboxylic acids is 2. The van der Waals surface area contributed by atoms with E-state index in [1.54, 1.807) is 6.07 Å². The first-order chi connectivity index (χ1) is 10.9. The minimum atomic E-state index is -3.94. The normalized spacial score (nSPS) is 16.5. The van der Waals surface area contributed by atoms with Gasteiger partial charge in [0.25, 0.3) is 5.91 Å². The van der Waals surface area contributed by atoms with Gasteiger partial charge >= 0.3 is 0 Å². The Bertz CT molecular complexity index is 881. The largest absolute Gasteiger partial charge is 0.379 e. The molecule has 1 aliphatic rings. The molecule has 0 radical (unpaired) electrons. The first-order valence-electron chi connectivity index (χ1n) is 6.94. The molecule has 0 saturated carbocycles. The van der Waals surface area contributed by atoms with E-state index in [4.69, 9.17) is 10.5 Å². The van der Waals surface area contributed by atoms with Gasteiger partial charge in [-0.3, -0.25) is 9.59 Å². The highest BCUT2D eigenvalue weighted by atomic mass is 32.2. The van der Waals surface area contributed by atoms with Gasteiger partial charge in [0.15, 0.2) is 0 Å². The SMILES string of the molecule is NC(=O)c1[nH]c2ccc(C=O)cc2c1S(=O)(=O)N1CCOCC1. The van der Waals surface area contributed by atoms with E-state index >= 15 is 0 Å². The van der Waals surface area contributed by atoms with Gasteiger partial charge in [-0.15, -0.1) is 0 Å². The lowest BCUT2D eigenvalue weighted by Gasteiger charge is -2.26. The molecule has 1 amide bonds. The van der Waals surface area contributed by atoms with Crippen LogP contribution in [0.2, 0.25) is 0 Å². The molecule has 1 saturated heterocycles. The Labute approximate surface area is 132 Å². The molecule has 23 heavy (non-hydrogen) atoms. The number of aromatic amines is 1. The van der Waals surface area contributed by atoms with Crippen LogP contribution in [0.1, 0.15) is 20.8 Å². The number of fused-ring (bicyclic) bond motifs is 1. The maximum atomic E-state index is 12.9. The number of primary amides is 1. The fourth-order valence-electron chi connectivity index (χ4n) is 2.62. The Morgan fingerprint density at radius 1 is 1.30 bits per heavy atom. The molecule has 1 fully saturated rings. The average molecular weight is 337 g/mol. The van der Waals surface area contributed by atoms with E-state index in [2.05, 4.69) is 4.98 Å². The van der Waals surface area contributed by atoms with E-state index in [1.165, 1.54) is 16.4 Å². The predicted octanol–water partition coefficient (Wildman–Crippen LogP) is 0.100. The standard InChI is InChI=1S/C14H15N3O5S/c15-14(19)12-13(23(20,21)17-3-5-22-6-4-17)10-7-9(8-18)1-2-11(10)16-12/h1-2,7-8,16H,3-6H2,(H2,15,19). The number of rotatable bonds is 4. The van der Waals surface area contributed by atoms with Crippen LogP contribution in [0.15, 0.2) is 23.1 Å². The number of nitrogens with zero attached hydrogens (tertiary/aromatic N) is 1. The third-order valence-electron chi connectivity index (χ3n) is 3.73. The van der Waals surface area contributed by atoms with E-state index in [9.17, 15) is 18.0 Å². The van der Waals surface area contributed by atoms with Crippen molar-refractivity contribution in [1.29, 1.82) is 0 Å². The summed E-state index contributed by atoms with van der Waals surface area (Å²) in [6, 6.07) is 4.50. The number of H-pyrrole nitrogens is 1. The number of carbonyl (C=O) groups is 2. The molecule has 3 N–H and O–H groups in total. The number of morpholine rings is 1. The van der Waals surface area contributed by atoms with Crippen molar-refractivity contribution in [3.8, 4) is 0 Å². The molecule has 1 aromatic carbocycles. The third-order valence-corrected chi connectivity index (χ3v) is 5.71. The number of benzene rings is 1. The van der Waals surface area contributed by atoms with E-state index in [1.807, 2.05) is 0 Å². The van der Waals surface area contributed by atoms with Crippen molar-refractivity contribution in [1.82, 2.24) is 9.29 Å². The predicted molar refractivity (Wildman–Crippen MR) is 81.8 cm³/mol. The number of nitrogens with one attached hydrogen (secondary N) is 1. The molecule has 0 spiro atoms. The second-order valence-electron chi connectivity index (χ2n) is 5.13. The highest BCUT2D eigenvalue weighted by molar-refractivity contribution is 7.89. The molecule has 0 aliphatic carbocycles. The second-order valence-corrected chi connectivity index (χ2v) is 7.01. The zero-order valence-electron chi connectivity index (χ0n) is 12.1. The van der Waals surface area contributed by atoms with E-state index in [0.29, 0.717) is 17.4 Å². The maximum Gasteiger partial charge on any atom is 0.266 e. The molecule has 2 aromatic rings. The van der Waals surface area contributed by atoms with Crippen LogP contribution >= 0.6 is 0 Å². The van der Waals surface area contributed by atoms with Crippen molar-refractivity contribution < 1.29 is 22.7 Å². The molecule has 8 nitrogen and oxygen atoms in total. The van der Waals surface area contributed by atoms with Crippen molar-refractivity contribution in [3.05, 3.63) is 29.5 Å². The highest BCUT2D eigenvalue weighted by Gasteiger charge is 2.33. The molecule has 0 atom stereocenters. The van der Waals surface area contributed by atoms with Crippen LogP contribution in [0.4, 0.5) is 0 Å². The third kappa shape index (κ3) is 2.62. The number of sulfonamides is 1. The molecular formula is C14H15N3O5S. The van der Waals surface area contributed by atoms with Gasteiger partial charge in [-0.2, -0.15) is 4.31 Å². The van der Waals surface area contributed by atoms with Crippen LogP contribution in [-0.4, -0.2) is 56.2 Å². The lowest BCUT2D eigenvalue weighted by Crippen LogP contribution is -2.41. The molecule has 1 aromatic heterocycles. The first kappa shape index (κ1) is 15.7. The van der Waals surface area contributed by atoms with Gasteiger partial charge in [-0.05, 0) is 18.2 Å². The zero-order valence-corrected chi connectivity index (χ0v) is 12.9. The van der Waals surface area contributed by atoms with Gasteiger partial charge in [0.05, 0.1) is 13.2 Å². The number of amides is 1. The summed E-state index contributed by atoms with van der Waals surface area (Å²) < 4.78 is 32.3. The first-order valence-corrected chi connectivity index (χ1v) is 8.38. The van der Waals surface area contributed by atoms with E-state index < -0.39 is 15.9 Å². The number of aldehydes is 1. The molecule has 122 valence electrons. The number of nitrogens with two attached hydrogens (primary N) is 1. The van der Waals surface area contributed by atoms with Crippen LogP contribution in [0.5, 0.6) is 0 Å². The fraction of sp³-hybridized carbons (Fsp3) is 0.286. The quantitative estimate of drug-likeness (QED) is 0.766. The fourth-order valence-corrected chi connectivity index (χ4v) is 4.36. The van der Waals surface area contributed by atoms with Gasteiger partial charge in [-0.1, -0.05) is 0 Å². The summed E-state index contributed by atoms with van der Waals surface area (Å²) in [5.74, 6) is -0.874. The van der Waals surface area contributed by atoms with Crippen molar-refractivity contribution in [2.75, 3.05) is 26.3 Å². The van der Waals surface area contributed by atoms with Crippen molar-refractivity contribution in [3.63, 3.8) is 0 Å². The van der Waals surface area contributed by atoms with Gasteiger partial charge in [0.2, 0.25) is 10.0 Å². The highest BCUT2D eigenvalue weighted by Crippen LogP contribution is 2.30. The van der Waals surface area contributed by atoms with Crippen LogP contribution in [0.3, 0.4) is 0 Å².